The summed E-state index contributed by atoms with van der Waals surface area (Å²) in [7, 11) is -1.17. The van der Waals surface area contributed by atoms with Gasteiger partial charge in [0.15, 0.2) is 0 Å². The van der Waals surface area contributed by atoms with Gasteiger partial charge in [-0.2, -0.15) is 0 Å². The molecule has 0 unspecified atom stereocenters. The molecule has 7 nitrogen and oxygen atoms in total. The fourth-order valence-electron chi connectivity index (χ4n) is 2.58. The highest BCUT2D eigenvalue weighted by molar-refractivity contribution is 7.92. The van der Waals surface area contributed by atoms with Crippen molar-refractivity contribution in [2.45, 2.75) is 6.42 Å². The van der Waals surface area contributed by atoms with Crippen LogP contribution in [0.25, 0.3) is 0 Å². The van der Waals surface area contributed by atoms with Crippen molar-refractivity contribution in [3.05, 3.63) is 29.8 Å². The molecule has 1 saturated heterocycles. The first-order valence-corrected chi connectivity index (χ1v) is 9.99. The summed E-state index contributed by atoms with van der Waals surface area (Å²) >= 11 is 0. The van der Waals surface area contributed by atoms with E-state index in [1.807, 2.05) is 0 Å². The van der Waals surface area contributed by atoms with E-state index in [-0.39, 0.29) is 5.91 Å². The zero-order chi connectivity index (χ0) is 17.6. The van der Waals surface area contributed by atoms with E-state index in [9.17, 15) is 13.2 Å². The molecule has 0 aromatic heterocycles. The van der Waals surface area contributed by atoms with Gasteiger partial charge in [0, 0.05) is 44.0 Å². The van der Waals surface area contributed by atoms with E-state index in [0.29, 0.717) is 17.8 Å². The molecule has 0 radical (unpaired) electrons. The van der Waals surface area contributed by atoms with Crippen molar-refractivity contribution in [1.82, 2.24) is 15.1 Å². The molecule has 1 amide bonds. The smallest absolute Gasteiger partial charge is 0.251 e. The SMILES string of the molecule is CN1CCN(CCCNC(=O)c2ccc(NS(C)(=O)=O)cc2)CC1. The number of hydrogen-bond acceptors (Lipinski definition) is 5. The molecular weight excluding hydrogens is 328 g/mol. The first-order chi connectivity index (χ1) is 11.3. The van der Waals surface area contributed by atoms with E-state index in [4.69, 9.17) is 0 Å². The van der Waals surface area contributed by atoms with Crippen molar-refractivity contribution in [3.63, 3.8) is 0 Å². The first kappa shape index (κ1) is 18.7. The Hall–Kier alpha value is -1.64. The monoisotopic (exact) mass is 354 g/mol. The van der Waals surface area contributed by atoms with Crippen LogP contribution in [0, 0.1) is 0 Å². The van der Waals surface area contributed by atoms with Crippen molar-refractivity contribution < 1.29 is 13.2 Å². The highest BCUT2D eigenvalue weighted by Gasteiger charge is 2.13. The quantitative estimate of drug-likeness (QED) is 0.694. The molecule has 1 fully saturated rings. The molecular formula is C16H26N4O3S. The molecule has 0 atom stereocenters. The number of carbonyl (C=O) groups excluding carboxylic acids is 1. The topological polar surface area (TPSA) is 81.8 Å². The highest BCUT2D eigenvalue weighted by atomic mass is 32.2. The Morgan fingerprint density at radius 2 is 1.75 bits per heavy atom. The van der Waals surface area contributed by atoms with Crippen LogP contribution in [0.2, 0.25) is 0 Å². The summed E-state index contributed by atoms with van der Waals surface area (Å²) in [6, 6.07) is 6.40. The van der Waals surface area contributed by atoms with E-state index in [0.717, 1.165) is 45.4 Å². The number of likely N-dealkylation sites (N-methyl/N-ethyl adjacent to an activating group) is 1. The summed E-state index contributed by atoms with van der Waals surface area (Å²) in [4.78, 5) is 16.8. The van der Waals surface area contributed by atoms with Gasteiger partial charge in [0.2, 0.25) is 10.0 Å². The Morgan fingerprint density at radius 1 is 1.12 bits per heavy atom. The van der Waals surface area contributed by atoms with Crippen LogP contribution in [-0.4, -0.2) is 76.7 Å². The third-order valence-electron chi connectivity index (χ3n) is 3.98. The number of piperazine rings is 1. The number of carbonyl (C=O) groups is 1. The van der Waals surface area contributed by atoms with Crippen LogP contribution in [0.15, 0.2) is 24.3 Å². The number of nitrogens with zero attached hydrogens (tertiary/aromatic N) is 2. The summed E-state index contributed by atoms with van der Waals surface area (Å²) in [5.74, 6) is -0.140. The van der Waals surface area contributed by atoms with Crippen LogP contribution in [0.1, 0.15) is 16.8 Å². The van der Waals surface area contributed by atoms with Crippen LogP contribution in [0.4, 0.5) is 5.69 Å². The maximum Gasteiger partial charge on any atom is 0.251 e. The second-order valence-corrected chi connectivity index (χ2v) is 7.95. The minimum atomic E-state index is -3.30. The van der Waals surface area contributed by atoms with Gasteiger partial charge in [-0.1, -0.05) is 0 Å². The van der Waals surface area contributed by atoms with Crippen LogP contribution in [-0.2, 0) is 10.0 Å². The van der Waals surface area contributed by atoms with Crippen molar-refractivity contribution in [1.29, 1.82) is 0 Å². The van der Waals surface area contributed by atoms with Crippen LogP contribution in [0.5, 0.6) is 0 Å². The van der Waals surface area contributed by atoms with Gasteiger partial charge in [-0.15, -0.1) is 0 Å². The Balaban J connectivity index is 1.70. The average molecular weight is 354 g/mol. The van der Waals surface area contributed by atoms with Gasteiger partial charge >= 0.3 is 0 Å². The minimum absolute atomic E-state index is 0.140. The van der Waals surface area contributed by atoms with Gasteiger partial charge in [-0.25, -0.2) is 8.42 Å². The van der Waals surface area contributed by atoms with Crippen molar-refractivity contribution >= 4 is 21.6 Å². The van der Waals surface area contributed by atoms with Gasteiger partial charge in [0.05, 0.1) is 6.26 Å². The lowest BCUT2D eigenvalue weighted by molar-refractivity contribution is 0.0949. The first-order valence-electron chi connectivity index (χ1n) is 8.10. The normalized spacial score (nSPS) is 16.8. The zero-order valence-electron chi connectivity index (χ0n) is 14.3. The maximum absolute atomic E-state index is 12.1. The molecule has 0 bridgehead atoms. The standard InChI is InChI=1S/C16H26N4O3S/c1-19-10-12-20(13-11-19)9-3-8-17-16(21)14-4-6-15(7-5-14)18-24(2,22)23/h4-7,18H,3,8-13H2,1-2H3,(H,17,21). The fourth-order valence-corrected chi connectivity index (χ4v) is 3.15. The molecule has 0 saturated carbocycles. The molecule has 2 rings (SSSR count). The maximum atomic E-state index is 12.1. The Labute approximate surface area is 144 Å². The van der Waals surface area contributed by atoms with E-state index >= 15 is 0 Å². The Morgan fingerprint density at radius 3 is 2.33 bits per heavy atom. The van der Waals surface area contributed by atoms with Gasteiger partial charge in [0.1, 0.15) is 0 Å². The number of benzene rings is 1. The van der Waals surface area contributed by atoms with Gasteiger partial charge in [-0.3, -0.25) is 9.52 Å². The Kier molecular flexibility index (Phi) is 6.59. The molecule has 134 valence electrons. The zero-order valence-corrected chi connectivity index (χ0v) is 15.1. The number of nitrogens with one attached hydrogen (secondary N) is 2. The molecule has 1 aliphatic rings. The van der Waals surface area contributed by atoms with Crippen molar-refractivity contribution in [2.24, 2.45) is 0 Å². The van der Waals surface area contributed by atoms with E-state index in [2.05, 4.69) is 26.9 Å². The third kappa shape index (κ3) is 6.46. The molecule has 1 aliphatic heterocycles. The second-order valence-electron chi connectivity index (χ2n) is 6.21. The summed E-state index contributed by atoms with van der Waals surface area (Å²) in [6.07, 6.45) is 2.01. The van der Waals surface area contributed by atoms with Crippen LogP contribution < -0.4 is 10.0 Å². The predicted octanol–water partition coefficient (Wildman–Crippen LogP) is 0.425. The lowest BCUT2D eigenvalue weighted by Gasteiger charge is -2.32. The largest absolute Gasteiger partial charge is 0.352 e. The minimum Gasteiger partial charge on any atom is -0.352 e. The number of anilines is 1. The van der Waals surface area contributed by atoms with E-state index in [1.54, 1.807) is 24.3 Å². The van der Waals surface area contributed by atoms with Crippen LogP contribution >= 0.6 is 0 Å². The Bertz CT molecular complexity index is 638. The predicted molar refractivity (Wildman–Crippen MR) is 95.8 cm³/mol. The van der Waals surface area contributed by atoms with Gasteiger partial charge in [-0.05, 0) is 44.3 Å². The molecule has 0 aliphatic carbocycles. The fraction of sp³-hybridized carbons (Fsp3) is 0.562. The molecule has 1 heterocycles. The third-order valence-corrected chi connectivity index (χ3v) is 4.59. The van der Waals surface area contributed by atoms with Crippen molar-refractivity contribution in [3.8, 4) is 0 Å². The highest BCUT2D eigenvalue weighted by Crippen LogP contribution is 2.10. The number of hydrogen-bond donors (Lipinski definition) is 2. The summed E-state index contributed by atoms with van der Waals surface area (Å²) in [6.45, 7) is 5.98. The van der Waals surface area contributed by atoms with Gasteiger partial charge < -0.3 is 15.1 Å². The van der Waals surface area contributed by atoms with E-state index in [1.165, 1.54) is 0 Å². The summed E-state index contributed by atoms with van der Waals surface area (Å²) in [5, 5.41) is 2.90. The molecule has 24 heavy (non-hydrogen) atoms. The lowest BCUT2D eigenvalue weighted by Crippen LogP contribution is -2.45. The molecule has 8 heteroatoms. The molecule has 1 aromatic carbocycles. The van der Waals surface area contributed by atoms with E-state index < -0.39 is 10.0 Å². The number of sulfonamides is 1. The number of amides is 1. The van der Waals surface area contributed by atoms with Crippen molar-refractivity contribution in [2.75, 3.05) is 57.3 Å². The van der Waals surface area contributed by atoms with Gasteiger partial charge in [0.25, 0.3) is 5.91 Å². The second kappa shape index (κ2) is 8.46. The lowest BCUT2D eigenvalue weighted by atomic mass is 10.2. The molecule has 2 N–H and O–H groups in total. The average Bonchev–Trinajstić information content (AvgIpc) is 2.52. The summed E-state index contributed by atoms with van der Waals surface area (Å²) in [5.41, 5.74) is 0.970. The molecule has 0 spiro atoms. The summed E-state index contributed by atoms with van der Waals surface area (Å²) < 4.78 is 24.7. The van der Waals surface area contributed by atoms with Crippen LogP contribution in [0.3, 0.4) is 0 Å². The molecule has 1 aromatic rings. The number of rotatable bonds is 7.